The van der Waals surface area contributed by atoms with Crippen molar-refractivity contribution in [2.24, 2.45) is 0 Å². The molecule has 2 nitrogen and oxygen atoms in total. The fourth-order valence-corrected chi connectivity index (χ4v) is 0.453. The quantitative estimate of drug-likeness (QED) is 0.434. The maximum Gasteiger partial charge on any atom is 0.303 e. The summed E-state index contributed by atoms with van der Waals surface area (Å²) < 4.78 is 0. The predicted molar refractivity (Wildman–Crippen MR) is 31.5 cm³/mol. The molecule has 0 aliphatic rings. The van der Waals surface area contributed by atoms with Crippen LogP contribution in [0.2, 0.25) is 0 Å². The van der Waals surface area contributed by atoms with E-state index in [1.807, 2.05) is 0 Å². The van der Waals surface area contributed by atoms with Gasteiger partial charge in [-0.15, -0.1) is 0 Å². The summed E-state index contributed by atoms with van der Waals surface area (Å²) in [5.74, 6) is -0.710. The summed E-state index contributed by atoms with van der Waals surface area (Å²) in [6, 6.07) is 0. The van der Waals surface area contributed by atoms with Crippen LogP contribution in [0.4, 0.5) is 0 Å². The molecule has 3 heteroatoms. The molecule has 0 fully saturated rings. The molecule has 0 aliphatic carbocycles. The third kappa shape index (κ3) is 11.6. The van der Waals surface area contributed by atoms with Crippen LogP contribution in [-0.4, -0.2) is 11.1 Å². The van der Waals surface area contributed by atoms with Crippen molar-refractivity contribution in [1.82, 2.24) is 0 Å². The van der Waals surface area contributed by atoms with Gasteiger partial charge in [-0.05, 0) is 6.42 Å². The summed E-state index contributed by atoms with van der Waals surface area (Å²) in [6.45, 7) is 3.59. The van der Waals surface area contributed by atoms with Crippen molar-refractivity contribution in [3.05, 3.63) is 6.92 Å². The van der Waals surface area contributed by atoms with Crippen molar-refractivity contribution in [3.8, 4) is 0 Å². The van der Waals surface area contributed by atoms with Crippen LogP contribution in [0.3, 0.4) is 0 Å². The number of carbonyl (C=O) groups is 1. The van der Waals surface area contributed by atoms with E-state index in [0.717, 1.165) is 19.3 Å². The minimum absolute atomic E-state index is 0. The van der Waals surface area contributed by atoms with Gasteiger partial charge in [0.15, 0.2) is 0 Å². The van der Waals surface area contributed by atoms with Crippen LogP contribution in [0.5, 0.6) is 0 Å². The molecule has 0 aromatic heterocycles. The molecular formula is C6H11MoO2-. The molecule has 0 saturated carbocycles. The number of aliphatic carboxylic acids is 1. The molecule has 9 heavy (non-hydrogen) atoms. The summed E-state index contributed by atoms with van der Waals surface area (Å²) in [5, 5.41) is 8.12. The topological polar surface area (TPSA) is 37.3 Å². The standard InChI is InChI=1S/C6H11O2.Mo/c1-2-3-4-5-6(7)8;/h1-5H2,(H,7,8);/q-1;. The van der Waals surface area contributed by atoms with Gasteiger partial charge in [0.2, 0.25) is 0 Å². The first-order valence-electron chi connectivity index (χ1n) is 2.78. The van der Waals surface area contributed by atoms with Crippen LogP contribution in [0, 0.1) is 6.92 Å². The van der Waals surface area contributed by atoms with Crippen LogP contribution >= 0.6 is 0 Å². The third-order valence-electron chi connectivity index (χ3n) is 0.891. The van der Waals surface area contributed by atoms with E-state index >= 15 is 0 Å². The fraction of sp³-hybridized carbons (Fsp3) is 0.667. The van der Waals surface area contributed by atoms with Crippen LogP contribution in [0.1, 0.15) is 25.7 Å². The molecule has 0 atom stereocenters. The summed E-state index contributed by atoms with van der Waals surface area (Å²) >= 11 is 0. The zero-order valence-electron chi connectivity index (χ0n) is 5.30. The minimum Gasteiger partial charge on any atom is -0.481 e. The second-order valence-electron chi connectivity index (χ2n) is 1.70. The maximum atomic E-state index is 9.85. The summed E-state index contributed by atoms with van der Waals surface area (Å²) in [5.41, 5.74) is 0. The first kappa shape index (κ1) is 11.9. The molecule has 0 saturated heterocycles. The zero-order valence-corrected chi connectivity index (χ0v) is 7.31. The summed E-state index contributed by atoms with van der Waals surface area (Å²) in [4.78, 5) is 9.85. The van der Waals surface area contributed by atoms with E-state index in [1.54, 1.807) is 0 Å². The van der Waals surface area contributed by atoms with Crippen molar-refractivity contribution in [3.63, 3.8) is 0 Å². The van der Waals surface area contributed by atoms with E-state index < -0.39 is 5.97 Å². The molecular weight excluding hydrogens is 200 g/mol. The summed E-state index contributed by atoms with van der Waals surface area (Å²) in [6.07, 6.45) is 2.81. The Kier molecular flexibility index (Phi) is 10.8. The van der Waals surface area contributed by atoms with Gasteiger partial charge in [-0.2, -0.15) is 6.42 Å². The molecule has 0 aromatic rings. The molecule has 0 spiro atoms. The minimum atomic E-state index is -0.710. The normalized spacial score (nSPS) is 8.11. The van der Waals surface area contributed by atoms with Crippen LogP contribution in [-0.2, 0) is 25.9 Å². The van der Waals surface area contributed by atoms with Gasteiger partial charge in [0, 0.05) is 27.5 Å². The second-order valence-corrected chi connectivity index (χ2v) is 1.70. The number of rotatable bonds is 4. The Morgan fingerprint density at radius 3 is 2.33 bits per heavy atom. The van der Waals surface area contributed by atoms with Gasteiger partial charge >= 0.3 is 5.97 Å². The smallest absolute Gasteiger partial charge is 0.303 e. The SMILES string of the molecule is [CH2-]CCCCC(=O)O.[Mo]. The molecule has 0 unspecified atom stereocenters. The molecule has 0 radical (unpaired) electrons. The molecule has 54 valence electrons. The monoisotopic (exact) mass is 213 g/mol. The summed E-state index contributed by atoms with van der Waals surface area (Å²) in [7, 11) is 0. The number of unbranched alkanes of at least 4 members (excludes halogenated alkanes) is 2. The van der Waals surface area contributed by atoms with Crippen molar-refractivity contribution in [1.29, 1.82) is 0 Å². The van der Waals surface area contributed by atoms with Gasteiger partial charge in [0.1, 0.15) is 0 Å². The molecule has 0 rings (SSSR count). The Labute approximate surface area is 69.9 Å². The fourth-order valence-electron chi connectivity index (χ4n) is 0.453. The Morgan fingerprint density at radius 1 is 1.44 bits per heavy atom. The molecule has 0 heterocycles. The van der Waals surface area contributed by atoms with Crippen molar-refractivity contribution >= 4 is 5.97 Å². The van der Waals surface area contributed by atoms with Gasteiger partial charge in [-0.3, -0.25) is 4.79 Å². The molecule has 0 aliphatic heterocycles. The van der Waals surface area contributed by atoms with Crippen molar-refractivity contribution in [2.75, 3.05) is 0 Å². The maximum absolute atomic E-state index is 9.85. The van der Waals surface area contributed by atoms with Gasteiger partial charge < -0.3 is 12.0 Å². The van der Waals surface area contributed by atoms with E-state index in [4.69, 9.17) is 5.11 Å². The molecule has 0 bridgehead atoms. The Hall–Kier alpha value is 0.158. The van der Waals surface area contributed by atoms with E-state index in [0.29, 0.717) is 0 Å². The predicted octanol–water partition coefficient (Wildman–Crippen LogP) is 1.46. The van der Waals surface area contributed by atoms with Crippen LogP contribution in [0.15, 0.2) is 0 Å². The van der Waals surface area contributed by atoms with Crippen molar-refractivity contribution in [2.45, 2.75) is 25.7 Å². The van der Waals surface area contributed by atoms with E-state index in [1.165, 1.54) is 0 Å². The number of carboxylic acids is 1. The van der Waals surface area contributed by atoms with Crippen LogP contribution in [0.25, 0.3) is 0 Å². The van der Waals surface area contributed by atoms with Gasteiger partial charge in [0.05, 0.1) is 0 Å². The van der Waals surface area contributed by atoms with Gasteiger partial charge in [-0.1, -0.05) is 6.42 Å². The van der Waals surface area contributed by atoms with E-state index in [9.17, 15) is 4.79 Å². The van der Waals surface area contributed by atoms with Gasteiger partial charge in [-0.25, -0.2) is 0 Å². The molecule has 0 amide bonds. The average Bonchev–Trinajstić information content (AvgIpc) is 1.66. The van der Waals surface area contributed by atoms with E-state index in [2.05, 4.69) is 6.92 Å². The Balaban J connectivity index is 0. The van der Waals surface area contributed by atoms with Crippen molar-refractivity contribution < 1.29 is 31.0 Å². The van der Waals surface area contributed by atoms with Gasteiger partial charge in [0.25, 0.3) is 0 Å². The first-order valence-corrected chi connectivity index (χ1v) is 2.78. The second kappa shape index (κ2) is 8.16. The first-order chi connectivity index (χ1) is 3.77. The largest absolute Gasteiger partial charge is 0.481 e. The number of carboxylic acid groups (broad SMARTS) is 1. The zero-order chi connectivity index (χ0) is 6.41. The number of hydrogen-bond acceptors (Lipinski definition) is 1. The number of hydrogen-bond donors (Lipinski definition) is 1. The van der Waals surface area contributed by atoms with E-state index in [-0.39, 0.29) is 27.5 Å². The molecule has 1 N–H and O–H groups in total. The van der Waals surface area contributed by atoms with Crippen LogP contribution < -0.4 is 0 Å². The molecule has 0 aromatic carbocycles. The average molecular weight is 211 g/mol. The Bertz CT molecular complexity index is 73.5. The Morgan fingerprint density at radius 2 is 2.00 bits per heavy atom. The third-order valence-corrected chi connectivity index (χ3v) is 0.891.